The van der Waals surface area contributed by atoms with Crippen molar-refractivity contribution in [3.8, 4) is 0 Å². The fraction of sp³-hybridized carbons (Fsp3) is 0.391. The van der Waals surface area contributed by atoms with Gasteiger partial charge in [-0.1, -0.05) is 24.3 Å². The van der Waals surface area contributed by atoms with Gasteiger partial charge in [-0.05, 0) is 55.0 Å². The molecule has 0 radical (unpaired) electrons. The predicted octanol–water partition coefficient (Wildman–Crippen LogP) is 3.37. The summed E-state index contributed by atoms with van der Waals surface area (Å²) in [7, 11) is 0. The molecule has 1 fully saturated rings. The Labute approximate surface area is 166 Å². The van der Waals surface area contributed by atoms with E-state index >= 15 is 0 Å². The molecule has 1 unspecified atom stereocenters. The lowest BCUT2D eigenvalue weighted by molar-refractivity contribution is -0.118. The van der Waals surface area contributed by atoms with E-state index in [0.29, 0.717) is 18.9 Å². The molecule has 3 heterocycles. The molecule has 2 N–H and O–H groups in total. The smallest absolute Gasteiger partial charge is 0.219 e. The molecule has 3 aromatic rings. The summed E-state index contributed by atoms with van der Waals surface area (Å²) in [6.45, 7) is 3.85. The van der Waals surface area contributed by atoms with Crippen molar-refractivity contribution < 1.29 is 4.79 Å². The third kappa shape index (κ3) is 4.42. The first-order valence-electron chi connectivity index (χ1n) is 10.2. The number of carbonyl (C=O) groups is 1. The highest BCUT2D eigenvalue weighted by Crippen LogP contribution is 2.26. The van der Waals surface area contributed by atoms with Crippen molar-refractivity contribution in [3.05, 3.63) is 66.1 Å². The van der Waals surface area contributed by atoms with Crippen molar-refractivity contribution in [2.75, 3.05) is 13.1 Å². The van der Waals surface area contributed by atoms with Gasteiger partial charge in [0.1, 0.15) is 0 Å². The monoisotopic (exact) mass is 376 g/mol. The van der Waals surface area contributed by atoms with Gasteiger partial charge in [0.25, 0.3) is 0 Å². The minimum Gasteiger partial charge on any atom is -0.370 e. The number of piperidine rings is 1. The van der Waals surface area contributed by atoms with Crippen molar-refractivity contribution in [2.45, 2.75) is 38.8 Å². The van der Waals surface area contributed by atoms with E-state index in [-0.39, 0.29) is 5.91 Å². The van der Waals surface area contributed by atoms with Gasteiger partial charge in [0.15, 0.2) is 0 Å². The first kappa shape index (κ1) is 18.7. The molecule has 1 aromatic carbocycles. The summed E-state index contributed by atoms with van der Waals surface area (Å²) in [5, 5.41) is 1.28. The van der Waals surface area contributed by atoms with Gasteiger partial charge < -0.3 is 10.3 Å². The summed E-state index contributed by atoms with van der Waals surface area (Å²) >= 11 is 0. The number of pyridine rings is 1. The number of hydrogen-bond donors (Lipinski definition) is 1. The molecule has 0 bridgehead atoms. The normalized spacial score (nSPS) is 17.8. The zero-order valence-electron chi connectivity index (χ0n) is 16.3. The summed E-state index contributed by atoms with van der Waals surface area (Å²) in [5.41, 5.74) is 9.20. The lowest BCUT2D eigenvalue weighted by atomic mass is 9.91. The van der Waals surface area contributed by atoms with Gasteiger partial charge in [-0.15, -0.1) is 0 Å². The molecule has 5 heteroatoms. The number of rotatable bonds is 7. The number of likely N-dealkylation sites (tertiary alicyclic amines) is 1. The number of aromatic nitrogens is 2. The number of amides is 1. The first-order valence-corrected chi connectivity index (χ1v) is 10.2. The highest BCUT2D eigenvalue weighted by Gasteiger charge is 2.21. The molecule has 1 aliphatic heterocycles. The van der Waals surface area contributed by atoms with Crippen LogP contribution in [0.15, 0.2) is 55.0 Å². The first-order chi connectivity index (χ1) is 13.7. The molecule has 1 atom stereocenters. The Bertz CT molecular complexity index is 934. The van der Waals surface area contributed by atoms with Gasteiger partial charge in [0.05, 0.1) is 0 Å². The number of benzene rings is 1. The van der Waals surface area contributed by atoms with Gasteiger partial charge in [-0.2, -0.15) is 0 Å². The number of nitrogens with zero attached hydrogens (tertiary/aromatic N) is 3. The topological polar surface area (TPSA) is 64.2 Å². The third-order valence-corrected chi connectivity index (χ3v) is 5.71. The average Bonchev–Trinajstić information content (AvgIpc) is 3.05. The zero-order chi connectivity index (χ0) is 19.3. The van der Waals surface area contributed by atoms with Gasteiger partial charge in [-0.25, -0.2) is 0 Å². The molecule has 1 amide bonds. The number of aryl methyl sites for hydroxylation is 1. The van der Waals surface area contributed by atoms with Gasteiger partial charge >= 0.3 is 0 Å². The maximum atomic E-state index is 11.2. The molecular formula is C23H28N4O. The number of nitrogens with two attached hydrogens (primary N) is 1. The van der Waals surface area contributed by atoms with E-state index in [4.69, 9.17) is 5.73 Å². The zero-order valence-corrected chi connectivity index (χ0v) is 16.3. The summed E-state index contributed by atoms with van der Waals surface area (Å²) in [6, 6.07) is 12.7. The highest BCUT2D eigenvalue weighted by molar-refractivity contribution is 5.84. The van der Waals surface area contributed by atoms with E-state index in [1.807, 2.05) is 18.5 Å². The lowest BCUT2D eigenvalue weighted by Gasteiger charge is -2.32. The van der Waals surface area contributed by atoms with Crippen molar-refractivity contribution in [1.82, 2.24) is 14.5 Å². The molecule has 2 aromatic heterocycles. The molecule has 5 nitrogen and oxygen atoms in total. The minimum absolute atomic E-state index is 0.256. The van der Waals surface area contributed by atoms with Crippen LogP contribution in [0.3, 0.4) is 0 Å². The van der Waals surface area contributed by atoms with Crippen LogP contribution in [-0.2, 0) is 24.3 Å². The standard InChI is InChI=1S/C23H28N4O/c24-23(28)9-12-27-17-20(21-7-1-2-8-22(21)27)16-26-11-4-6-19(15-26)13-18-5-3-10-25-14-18/h1-3,5,7-8,10,14,17,19H,4,6,9,11-13,15-16H2,(H2,24,28). The molecule has 0 spiro atoms. The van der Waals surface area contributed by atoms with E-state index < -0.39 is 0 Å². The lowest BCUT2D eigenvalue weighted by Crippen LogP contribution is -2.35. The Hall–Kier alpha value is -2.66. The quantitative estimate of drug-likeness (QED) is 0.688. The SMILES string of the molecule is NC(=O)CCn1cc(CN2CCCC(Cc3cccnc3)C2)c2ccccc21. The fourth-order valence-corrected chi connectivity index (χ4v) is 4.42. The van der Waals surface area contributed by atoms with Crippen LogP contribution >= 0.6 is 0 Å². The van der Waals surface area contributed by atoms with E-state index in [1.165, 1.54) is 34.9 Å². The van der Waals surface area contributed by atoms with Crippen LogP contribution in [-0.4, -0.2) is 33.4 Å². The highest BCUT2D eigenvalue weighted by atomic mass is 16.1. The van der Waals surface area contributed by atoms with Crippen LogP contribution in [0.1, 0.15) is 30.4 Å². The third-order valence-electron chi connectivity index (χ3n) is 5.71. The largest absolute Gasteiger partial charge is 0.370 e. The van der Waals surface area contributed by atoms with Gasteiger partial charge in [0.2, 0.25) is 5.91 Å². The predicted molar refractivity (Wildman–Crippen MR) is 112 cm³/mol. The van der Waals surface area contributed by atoms with Crippen LogP contribution in [0.5, 0.6) is 0 Å². The van der Waals surface area contributed by atoms with Crippen molar-refractivity contribution in [1.29, 1.82) is 0 Å². The number of carbonyl (C=O) groups excluding carboxylic acids is 1. The molecule has 0 aliphatic carbocycles. The number of hydrogen-bond acceptors (Lipinski definition) is 3. The van der Waals surface area contributed by atoms with Crippen molar-refractivity contribution in [2.24, 2.45) is 11.7 Å². The molecule has 0 saturated carbocycles. The summed E-state index contributed by atoms with van der Waals surface area (Å²) in [4.78, 5) is 18.0. The van der Waals surface area contributed by atoms with Crippen molar-refractivity contribution in [3.63, 3.8) is 0 Å². The Kier molecular flexibility index (Phi) is 5.72. The molecule has 1 saturated heterocycles. The molecule has 28 heavy (non-hydrogen) atoms. The Balaban J connectivity index is 1.47. The van der Waals surface area contributed by atoms with Crippen molar-refractivity contribution >= 4 is 16.8 Å². The molecule has 1 aliphatic rings. The van der Waals surface area contributed by atoms with Gasteiger partial charge in [-0.3, -0.25) is 14.7 Å². The van der Waals surface area contributed by atoms with Crippen LogP contribution in [0.25, 0.3) is 10.9 Å². The van der Waals surface area contributed by atoms with Crippen LogP contribution in [0, 0.1) is 5.92 Å². The summed E-state index contributed by atoms with van der Waals surface area (Å²) < 4.78 is 2.17. The number of primary amides is 1. The molecular weight excluding hydrogens is 348 g/mol. The maximum Gasteiger partial charge on any atom is 0.219 e. The van der Waals surface area contributed by atoms with Crippen LogP contribution in [0.2, 0.25) is 0 Å². The van der Waals surface area contributed by atoms with Gasteiger partial charge in [0, 0.05) is 55.5 Å². The molecule has 4 rings (SSSR count). The molecule has 146 valence electrons. The minimum atomic E-state index is -0.256. The maximum absolute atomic E-state index is 11.2. The second-order valence-electron chi connectivity index (χ2n) is 7.89. The van der Waals surface area contributed by atoms with Crippen LogP contribution in [0.4, 0.5) is 0 Å². The fourth-order valence-electron chi connectivity index (χ4n) is 4.42. The average molecular weight is 377 g/mol. The van der Waals surface area contributed by atoms with E-state index in [1.54, 1.807) is 0 Å². The summed E-state index contributed by atoms with van der Waals surface area (Å²) in [6.07, 6.45) is 10.0. The van der Waals surface area contributed by atoms with E-state index in [0.717, 1.165) is 26.1 Å². The Morgan fingerprint density at radius 3 is 2.93 bits per heavy atom. The second-order valence-corrected chi connectivity index (χ2v) is 7.89. The van der Waals surface area contributed by atoms with E-state index in [9.17, 15) is 4.79 Å². The Morgan fingerprint density at radius 2 is 2.11 bits per heavy atom. The number of para-hydroxylation sites is 1. The van der Waals surface area contributed by atoms with E-state index in [2.05, 4.69) is 51.0 Å². The summed E-state index contributed by atoms with van der Waals surface area (Å²) in [5.74, 6) is 0.426. The number of fused-ring (bicyclic) bond motifs is 1. The Morgan fingerprint density at radius 1 is 1.21 bits per heavy atom. The van der Waals surface area contributed by atoms with Crippen LogP contribution < -0.4 is 5.73 Å². The second kappa shape index (κ2) is 8.57.